The maximum absolute atomic E-state index is 9.22. The highest BCUT2D eigenvalue weighted by Crippen LogP contribution is 2.19. The molecule has 0 amide bonds. The number of aliphatic hydroxyl groups is 1. The number of hydrogen-bond donors (Lipinski definition) is 1. The lowest BCUT2D eigenvalue weighted by atomic mass is 9.99. The van der Waals surface area contributed by atoms with E-state index in [1.165, 1.54) is 6.42 Å². The van der Waals surface area contributed by atoms with Crippen LogP contribution >= 0.6 is 0 Å². The van der Waals surface area contributed by atoms with Gasteiger partial charge < -0.3 is 9.84 Å². The second kappa shape index (κ2) is 7.31. The largest absolute Gasteiger partial charge is 0.496 e. The van der Waals surface area contributed by atoms with Crippen LogP contribution in [-0.2, 0) is 0 Å². The number of ether oxygens (including phenoxy) is 1. The SMILES string of the molecule is COc1ccccc1/C=C/CN1CCCC(CO)C1. The molecular weight excluding hydrogens is 238 g/mol. The van der Waals surface area contributed by atoms with E-state index in [0.29, 0.717) is 12.5 Å². The molecule has 1 aromatic rings. The first-order valence-electron chi connectivity index (χ1n) is 6.96. The van der Waals surface area contributed by atoms with Gasteiger partial charge >= 0.3 is 0 Å². The lowest BCUT2D eigenvalue weighted by Crippen LogP contribution is -2.36. The van der Waals surface area contributed by atoms with Crippen molar-refractivity contribution in [1.82, 2.24) is 4.90 Å². The molecule has 0 aliphatic carbocycles. The molecule has 1 aromatic carbocycles. The van der Waals surface area contributed by atoms with Gasteiger partial charge in [-0.15, -0.1) is 0 Å². The summed E-state index contributed by atoms with van der Waals surface area (Å²) in [4.78, 5) is 2.40. The van der Waals surface area contributed by atoms with Crippen molar-refractivity contribution in [2.45, 2.75) is 12.8 Å². The fraction of sp³-hybridized carbons (Fsp3) is 0.500. The molecule has 104 valence electrons. The third-order valence-corrected chi connectivity index (χ3v) is 3.66. The molecule has 1 aliphatic heterocycles. The zero-order chi connectivity index (χ0) is 13.5. The highest BCUT2D eigenvalue weighted by Gasteiger charge is 2.17. The predicted molar refractivity (Wildman–Crippen MR) is 78.3 cm³/mol. The van der Waals surface area contributed by atoms with E-state index in [1.807, 2.05) is 18.2 Å². The number of methoxy groups -OCH3 is 1. The van der Waals surface area contributed by atoms with Crippen LogP contribution in [0.3, 0.4) is 0 Å². The van der Waals surface area contributed by atoms with Gasteiger partial charge in [0.2, 0.25) is 0 Å². The Morgan fingerprint density at radius 3 is 3.05 bits per heavy atom. The van der Waals surface area contributed by atoms with Gasteiger partial charge in [0.25, 0.3) is 0 Å². The Morgan fingerprint density at radius 1 is 1.42 bits per heavy atom. The molecule has 3 nitrogen and oxygen atoms in total. The fourth-order valence-electron chi connectivity index (χ4n) is 2.60. The molecule has 1 aliphatic rings. The molecule has 1 N–H and O–H groups in total. The van der Waals surface area contributed by atoms with E-state index in [9.17, 15) is 5.11 Å². The van der Waals surface area contributed by atoms with E-state index in [2.05, 4.69) is 23.1 Å². The monoisotopic (exact) mass is 261 g/mol. The smallest absolute Gasteiger partial charge is 0.126 e. The van der Waals surface area contributed by atoms with Crippen LogP contribution in [0.15, 0.2) is 30.3 Å². The summed E-state index contributed by atoms with van der Waals surface area (Å²) in [6.45, 7) is 3.39. The zero-order valence-electron chi connectivity index (χ0n) is 11.6. The summed E-state index contributed by atoms with van der Waals surface area (Å²) in [6, 6.07) is 8.03. The van der Waals surface area contributed by atoms with Crippen LogP contribution in [0, 0.1) is 5.92 Å². The topological polar surface area (TPSA) is 32.7 Å². The molecular formula is C16H23NO2. The van der Waals surface area contributed by atoms with Crippen LogP contribution in [0.2, 0.25) is 0 Å². The Bertz CT molecular complexity index is 417. The quantitative estimate of drug-likeness (QED) is 0.883. The number of nitrogens with zero attached hydrogens (tertiary/aromatic N) is 1. The van der Waals surface area contributed by atoms with Gasteiger partial charge in [0.1, 0.15) is 5.75 Å². The normalized spacial score (nSPS) is 20.8. The van der Waals surface area contributed by atoms with E-state index in [4.69, 9.17) is 4.74 Å². The number of para-hydroxylation sites is 1. The summed E-state index contributed by atoms with van der Waals surface area (Å²) < 4.78 is 5.32. The molecule has 3 heteroatoms. The minimum Gasteiger partial charge on any atom is -0.496 e. The van der Waals surface area contributed by atoms with Gasteiger partial charge in [-0.2, -0.15) is 0 Å². The molecule has 2 rings (SSSR count). The van der Waals surface area contributed by atoms with Crippen LogP contribution < -0.4 is 4.74 Å². The fourth-order valence-corrected chi connectivity index (χ4v) is 2.60. The number of rotatable bonds is 5. The zero-order valence-corrected chi connectivity index (χ0v) is 11.6. The Morgan fingerprint density at radius 2 is 2.26 bits per heavy atom. The average Bonchev–Trinajstić information content (AvgIpc) is 2.48. The van der Waals surface area contributed by atoms with Gasteiger partial charge in [0.05, 0.1) is 7.11 Å². The van der Waals surface area contributed by atoms with Gasteiger partial charge in [-0.05, 0) is 31.4 Å². The molecule has 0 bridgehead atoms. The molecule has 1 fully saturated rings. The van der Waals surface area contributed by atoms with E-state index in [-0.39, 0.29) is 0 Å². The Labute approximate surface area is 115 Å². The van der Waals surface area contributed by atoms with E-state index < -0.39 is 0 Å². The average molecular weight is 261 g/mol. The van der Waals surface area contributed by atoms with Crippen LogP contribution in [0.1, 0.15) is 18.4 Å². The third kappa shape index (κ3) is 4.08. The van der Waals surface area contributed by atoms with Crippen molar-refractivity contribution in [2.24, 2.45) is 5.92 Å². The maximum atomic E-state index is 9.22. The maximum Gasteiger partial charge on any atom is 0.126 e. The van der Waals surface area contributed by atoms with Gasteiger partial charge in [-0.3, -0.25) is 4.90 Å². The lowest BCUT2D eigenvalue weighted by Gasteiger charge is -2.30. The predicted octanol–water partition coefficient (Wildman–Crippen LogP) is 2.41. The van der Waals surface area contributed by atoms with Gasteiger partial charge in [-0.1, -0.05) is 30.4 Å². The highest BCUT2D eigenvalue weighted by molar-refractivity contribution is 5.57. The number of piperidine rings is 1. The molecule has 1 saturated heterocycles. The van der Waals surface area contributed by atoms with Crippen LogP contribution in [0.5, 0.6) is 5.75 Å². The Kier molecular flexibility index (Phi) is 5.43. The second-order valence-corrected chi connectivity index (χ2v) is 5.09. The van der Waals surface area contributed by atoms with Gasteiger partial charge in [0, 0.05) is 25.3 Å². The van der Waals surface area contributed by atoms with Gasteiger partial charge in [0.15, 0.2) is 0 Å². The summed E-state index contributed by atoms with van der Waals surface area (Å²) in [5, 5.41) is 9.22. The first-order valence-corrected chi connectivity index (χ1v) is 6.96. The van der Waals surface area contributed by atoms with Crippen LogP contribution in [0.25, 0.3) is 6.08 Å². The number of aliphatic hydroxyl groups excluding tert-OH is 1. The van der Waals surface area contributed by atoms with Crippen molar-refractivity contribution in [3.05, 3.63) is 35.9 Å². The molecule has 19 heavy (non-hydrogen) atoms. The van der Waals surface area contributed by atoms with E-state index >= 15 is 0 Å². The summed E-state index contributed by atoms with van der Waals surface area (Å²) in [5.74, 6) is 1.36. The van der Waals surface area contributed by atoms with Crippen molar-refractivity contribution in [3.8, 4) is 5.75 Å². The number of likely N-dealkylation sites (tertiary alicyclic amines) is 1. The molecule has 1 heterocycles. The van der Waals surface area contributed by atoms with Crippen LogP contribution in [0.4, 0.5) is 0 Å². The standard InChI is InChI=1S/C16H23NO2/c1-19-16-9-3-2-7-15(16)8-5-11-17-10-4-6-14(12-17)13-18/h2-3,5,7-9,14,18H,4,6,10-13H2,1H3/b8-5+. The van der Waals surface area contributed by atoms with Crippen molar-refractivity contribution < 1.29 is 9.84 Å². The first-order chi connectivity index (χ1) is 9.33. The Balaban J connectivity index is 1.89. The molecule has 0 spiro atoms. The van der Waals surface area contributed by atoms with Crippen molar-refractivity contribution in [1.29, 1.82) is 0 Å². The molecule has 0 aromatic heterocycles. The summed E-state index contributed by atoms with van der Waals surface area (Å²) >= 11 is 0. The van der Waals surface area contributed by atoms with Crippen molar-refractivity contribution >= 4 is 6.08 Å². The highest BCUT2D eigenvalue weighted by atomic mass is 16.5. The van der Waals surface area contributed by atoms with Crippen molar-refractivity contribution in [3.63, 3.8) is 0 Å². The molecule has 1 atom stereocenters. The molecule has 1 unspecified atom stereocenters. The third-order valence-electron chi connectivity index (χ3n) is 3.66. The van der Waals surface area contributed by atoms with E-state index in [0.717, 1.165) is 37.4 Å². The number of benzene rings is 1. The first kappa shape index (κ1) is 14.1. The molecule has 0 radical (unpaired) electrons. The van der Waals surface area contributed by atoms with Crippen molar-refractivity contribution in [2.75, 3.05) is 33.4 Å². The minimum atomic E-state index is 0.312. The Hall–Kier alpha value is -1.32. The second-order valence-electron chi connectivity index (χ2n) is 5.09. The summed E-state index contributed by atoms with van der Waals surface area (Å²) in [5.41, 5.74) is 1.11. The van der Waals surface area contributed by atoms with Crippen LogP contribution in [-0.4, -0.2) is 43.4 Å². The summed E-state index contributed by atoms with van der Waals surface area (Å²) in [7, 11) is 1.70. The molecule has 0 saturated carbocycles. The lowest BCUT2D eigenvalue weighted by molar-refractivity contribution is 0.129. The summed E-state index contributed by atoms with van der Waals surface area (Å²) in [6.07, 6.45) is 6.63. The number of hydrogen-bond acceptors (Lipinski definition) is 3. The van der Waals surface area contributed by atoms with Gasteiger partial charge in [-0.25, -0.2) is 0 Å². The van der Waals surface area contributed by atoms with E-state index in [1.54, 1.807) is 7.11 Å². The minimum absolute atomic E-state index is 0.312.